The summed E-state index contributed by atoms with van der Waals surface area (Å²) >= 11 is 0. The smallest absolute Gasteiger partial charge is 0.170 e. The second kappa shape index (κ2) is 4.59. The van der Waals surface area contributed by atoms with E-state index in [9.17, 15) is 9.18 Å². The van der Waals surface area contributed by atoms with Gasteiger partial charge in [-0.25, -0.2) is 9.37 Å². The largest absolute Gasteiger partial charge is 0.399 e. The Bertz CT molecular complexity index is 870. The number of benzene rings is 1. The molecule has 3 aromatic rings. The number of carbonyl (C=O) groups excluding carboxylic acids is 1. The molecule has 0 fully saturated rings. The molecule has 0 radical (unpaired) electrons. The summed E-state index contributed by atoms with van der Waals surface area (Å²) in [7, 11) is 0. The third kappa shape index (κ3) is 2.01. The fourth-order valence-corrected chi connectivity index (χ4v) is 2.36. The van der Waals surface area contributed by atoms with Crippen molar-refractivity contribution in [2.45, 2.75) is 6.92 Å². The van der Waals surface area contributed by atoms with Crippen molar-refractivity contribution in [1.82, 2.24) is 9.38 Å². The van der Waals surface area contributed by atoms with E-state index < -0.39 is 0 Å². The fraction of sp³-hybridized carbons (Fsp3) is 0.0667. The molecule has 6 heteroatoms. The van der Waals surface area contributed by atoms with Crippen molar-refractivity contribution >= 4 is 23.4 Å². The number of imidazole rings is 1. The van der Waals surface area contributed by atoms with Crippen molar-refractivity contribution in [2.24, 2.45) is 0 Å². The average Bonchev–Trinajstić information content (AvgIpc) is 2.77. The van der Waals surface area contributed by atoms with Gasteiger partial charge in [0.25, 0.3) is 0 Å². The Labute approximate surface area is 120 Å². The van der Waals surface area contributed by atoms with Crippen LogP contribution in [0.25, 0.3) is 16.8 Å². The van der Waals surface area contributed by atoms with Crippen LogP contribution in [0.15, 0.2) is 30.5 Å². The van der Waals surface area contributed by atoms with E-state index in [2.05, 4.69) is 4.98 Å². The molecule has 5 nitrogen and oxygen atoms in total. The van der Waals surface area contributed by atoms with Gasteiger partial charge in [-0.2, -0.15) is 0 Å². The highest BCUT2D eigenvalue weighted by atomic mass is 19.1. The minimum Gasteiger partial charge on any atom is -0.399 e. The molecule has 0 saturated carbocycles. The molecule has 0 atom stereocenters. The van der Waals surface area contributed by atoms with Crippen molar-refractivity contribution in [1.29, 1.82) is 0 Å². The zero-order chi connectivity index (χ0) is 15.1. The molecule has 0 saturated heterocycles. The lowest BCUT2D eigenvalue weighted by Gasteiger charge is -2.09. The predicted octanol–water partition coefficient (Wildman–Crippen LogP) is 2.43. The summed E-state index contributed by atoms with van der Waals surface area (Å²) in [5, 5.41) is 0. The third-order valence-electron chi connectivity index (χ3n) is 3.47. The minimum atomic E-state index is -0.370. The molecule has 4 N–H and O–H groups in total. The number of aromatic nitrogens is 2. The van der Waals surface area contributed by atoms with Gasteiger partial charge in [0.15, 0.2) is 12.1 Å². The first-order chi connectivity index (χ1) is 10.0. The summed E-state index contributed by atoms with van der Waals surface area (Å²) in [5.41, 5.74) is 14.4. The van der Waals surface area contributed by atoms with Gasteiger partial charge >= 0.3 is 0 Å². The van der Waals surface area contributed by atoms with Gasteiger partial charge in [0.05, 0.1) is 0 Å². The molecule has 0 spiro atoms. The highest BCUT2D eigenvalue weighted by Crippen LogP contribution is 2.28. The van der Waals surface area contributed by atoms with Crippen molar-refractivity contribution < 1.29 is 9.18 Å². The van der Waals surface area contributed by atoms with Crippen molar-refractivity contribution in [3.05, 3.63) is 47.5 Å². The Kier molecular flexibility index (Phi) is 2.86. The highest BCUT2D eigenvalue weighted by molar-refractivity contribution is 5.83. The molecule has 2 heterocycles. The Morgan fingerprint density at radius 3 is 2.76 bits per heavy atom. The maximum absolute atomic E-state index is 13.8. The number of hydrogen-bond donors (Lipinski definition) is 2. The third-order valence-corrected chi connectivity index (χ3v) is 3.47. The molecular formula is C15H13FN4O. The molecule has 21 heavy (non-hydrogen) atoms. The summed E-state index contributed by atoms with van der Waals surface area (Å²) < 4.78 is 15.4. The second-order valence-electron chi connectivity index (χ2n) is 4.82. The molecule has 106 valence electrons. The number of aldehydes is 1. The molecule has 0 bridgehead atoms. The van der Waals surface area contributed by atoms with Gasteiger partial charge in [0, 0.05) is 11.9 Å². The summed E-state index contributed by atoms with van der Waals surface area (Å²) in [6.45, 7) is 1.68. The number of halogens is 1. The van der Waals surface area contributed by atoms with Gasteiger partial charge in [-0.3, -0.25) is 9.20 Å². The monoisotopic (exact) mass is 284 g/mol. The van der Waals surface area contributed by atoms with Crippen LogP contribution < -0.4 is 11.5 Å². The Morgan fingerprint density at radius 1 is 1.29 bits per heavy atom. The zero-order valence-electron chi connectivity index (χ0n) is 11.3. The SMILES string of the molecule is Cc1c(F)cc(N)cc1-c1ccc2nc(N)c(C=O)n2c1. The fourth-order valence-electron chi connectivity index (χ4n) is 2.36. The number of hydrogen-bond acceptors (Lipinski definition) is 4. The normalized spacial score (nSPS) is 11.0. The van der Waals surface area contributed by atoms with Gasteiger partial charge in [0.1, 0.15) is 17.2 Å². The average molecular weight is 284 g/mol. The molecule has 1 aromatic carbocycles. The lowest BCUT2D eigenvalue weighted by Crippen LogP contribution is -1.97. The van der Waals surface area contributed by atoms with Crippen molar-refractivity contribution in [3.63, 3.8) is 0 Å². The van der Waals surface area contributed by atoms with E-state index in [0.717, 1.165) is 5.56 Å². The van der Waals surface area contributed by atoms with Gasteiger partial charge in [0.2, 0.25) is 0 Å². The summed E-state index contributed by atoms with van der Waals surface area (Å²) in [5.74, 6) is -0.205. The maximum Gasteiger partial charge on any atom is 0.170 e. The molecule has 0 amide bonds. The molecule has 3 rings (SSSR count). The number of rotatable bonds is 2. The van der Waals surface area contributed by atoms with E-state index >= 15 is 0 Å². The summed E-state index contributed by atoms with van der Waals surface area (Å²) in [6, 6.07) is 6.49. The van der Waals surface area contributed by atoms with E-state index in [-0.39, 0.29) is 17.3 Å². The predicted molar refractivity (Wildman–Crippen MR) is 79.5 cm³/mol. The number of carbonyl (C=O) groups is 1. The van der Waals surface area contributed by atoms with Gasteiger partial charge < -0.3 is 11.5 Å². The van der Waals surface area contributed by atoms with Crippen LogP contribution in [0.5, 0.6) is 0 Å². The topological polar surface area (TPSA) is 86.4 Å². The standard InChI is InChI=1S/C15H13FN4O/c1-8-11(4-10(17)5-12(8)16)9-2-3-14-19-15(18)13(7-21)20(14)6-9/h2-7H,17-18H2,1H3. The van der Waals surface area contributed by atoms with Crippen molar-refractivity contribution in [2.75, 3.05) is 11.5 Å². The zero-order valence-corrected chi connectivity index (χ0v) is 11.3. The Morgan fingerprint density at radius 2 is 2.05 bits per heavy atom. The van der Waals surface area contributed by atoms with Crippen LogP contribution in [0.1, 0.15) is 16.1 Å². The quantitative estimate of drug-likeness (QED) is 0.559. The molecule has 2 aromatic heterocycles. The van der Waals surface area contributed by atoms with Crippen LogP contribution in [0.3, 0.4) is 0 Å². The first-order valence-corrected chi connectivity index (χ1v) is 6.30. The Balaban J connectivity index is 2.29. The number of nitrogen functional groups attached to an aromatic ring is 2. The van der Waals surface area contributed by atoms with Gasteiger partial charge in [-0.1, -0.05) is 0 Å². The highest BCUT2D eigenvalue weighted by Gasteiger charge is 2.12. The molecule has 0 aliphatic carbocycles. The van der Waals surface area contributed by atoms with E-state index in [1.54, 1.807) is 35.7 Å². The molecule has 0 aliphatic rings. The number of anilines is 2. The lowest BCUT2D eigenvalue weighted by atomic mass is 10.0. The van der Waals surface area contributed by atoms with E-state index in [0.29, 0.717) is 28.7 Å². The van der Waals surface area contributed by atoms with Crippen LogP contribution >= 0.6 is 0 Å². The number of nitrogens with zero attached hydrogens (tertiary/aromatic N) is 2. The van der Waals surface area contributed by atoms with Crippen LogP contribution in [0.4, 0.5) is 15.9 Å². The van der Waals surface area contributed by atoms with Gasteiger partial charge in [-0.05, 0) is 47.9 Å². The van der Waals surface area contributed by atoms with Gasteiger partial charge in [-0.15, -0.1) is 0 Å². The van der Waals surface area contributed by atoms with E-state index in [1.165, 1.54) is 6.07 Å². The molecule has 0 aliphatic heterocycles. The van der Waals surface area contributed by atoms with Crippen LogP contribution in [-0.2, 0) is 0 Å². The minimum absolute atomic E-state index is 0.164. The Hall–Kier alpha value is -2.89. The maximum atomic E-state index is 13.8. The van der Waals surface area contributed by atoms with E-state index in [4.69, 9.17) is 11.5 Å². The lowest BCUT2D eigenvalue weighted by molar-refractivity contribution is 0.111. The molecular weight excluding hydrogens is 271 g/mol. The number of pyridine rings is 1. The van der Waals surface area contributed by atoms with E-state index in [1.807, 2.05) is 0 Å². The first kappa shape index (κ1) is 13.1. The summed E-state index contributed by atoms with van der Waals surface area (Å²) in [6.07, 6.45) is 2.34. The van der Waals surface area contributed by atoms with Crippen LogP contribution in [0, 0.1) is 12.7 Å². The van der Waals surface area contributed by atoms with Crippen LogP contribution in [-0.4, -0.2) is 15.7 Å². The number of nitrogens with two attached hydrogens (primary N) is 2. The second-order valence-corrected chi connectivity index (χ2v) is 4.82. The number of fused-ring (bicyclic) bond motifs is 1. The molecule has 0 unspecified atom stereocenters. The summed E-state index contributed by atoms with van der Waals surface area (Å²) in [4.78, 5) is 15.2. The van der Waals surface area contributed by atoms with Crippen molar-refractivity contribution in [3.8, 4) is 11.1 Å². The van der Waals surface area contributed by atoms with Crippen LogP contribution in [0.2, 0.25) is 0 Å². The first-order valence-electron chi connectivity index (χ1n) is 6.30.